The highest BCUT2D eigenvalue weighted by molar-refractivity contribution is 9.10. The molecule has 0 spiro atoms. The van der Waals surface area contributed by atoms with Crippen LogP contribution < -0.4 is 5.32 Å². The Kier molecular flexibility index (Phi) is 6.15. The maximum Gasteiger partial charge on any atom is 0.326 e. The van der Waals surface area contributed by atoms with Gasteiger partial charge in [-0.1, -0.05) is 15.9 Å². The van der Waals surface area contributed by atoms with Gasteiger partial charge in [-0.05, 0) is 44.0 Å². The quantitative estimate of drug-likeness (QED) is 0.786. The van der Waals surface area contributed by atoms with Crippen LogP contribution in [0.3, 0.4) is 0 Å². The van der Waals surface area contributed by atoms with Crippen molar-refractivity contribution >= 4 is 33.7 Å². The molecule has 124 valence electrons. The predicted octanol–water partition coefficient (Wildman–Crippen LogP) is 1.73. The van der Waals surface area contributed by atoms with Crippen LogP contribution in [0.1, 0.15) is 30.1 Å². The zero-order valence-electron chi connectivity index (χ0n) is 12.9. The summed E-state index contributed by atoms with van der Waals surface area (Å²) in [5.41, 5.74) is 0.446. The van der Waals surface area contributed by atoms with Gasteiger partial charge in [-0.15, -0.1) is 0 Å². The Labute approximate surface area is 143 Å². The molecule has 23 heavy (non-hydrogen) atoms. The van der Waals surface area contributed by atoms with Crippen LogP contribution in [-0.2, 0) is 14.3 Å². The number of ether oxygens (including phenoxy) is 1. The van der Waals surface area contributed by atoms with E-state index in [0.717, 1.165) is 17.3 Å². The van der Waals surface area contributed by atoms with Crippen molar-refractivity contribution in [3.8, 4) is 0 Å². The predicted molar refractivity (Wildman–Crippen MR) is 87.8 cm³/mol. The first kappa shape index (κ1) is 17.5. The van der Waals surface area contributed by atoms with Crippen molar-refractivity contribution in [2.75, 3.05) is 19.6 Å². The van der Waals surface area contributed by atoms with Gasteiger partial charge in [0.1, 0.15) is 6.54 Å². The van der Waals surface area contributed by atoms with Crippen molar-refractivity contribution in [1.29, 1.82) is 0 Å². The van der Waals surface area contributed by atoms with Gasteiger partial charge in [0.2, 0.25) is 0 Å². The molecule has 2 amide bonds. The first-order valence-corrected chi connectivity index (χ1v) is 8.28. The van der Waals surface area contributed by atoms with Gasteiger partial charge in [0, 0.05) is 23.1 Å². The third-order valence-electron chi connectivity index (χ3n) is 3.57. The van der Waals surface area contributed by atoms with Crippen molar-refractivity contribution < 1.29 is 19.1 Å². The number of carbonyl (C=O) groups excluding carboxylic acids is 3. The number of rotatable bonds is 5. The molecule has 1 fully saturated rings. The van der Waals surface area contributed by atoms with Gasteiger partial charge in [0.25, 0.3) is 11.8 Å². The molecule has 0 aromatic heterocycles. The average Bonchev–Trinajstić information content (AvgIpc) is 3.06. The molecule has 1 aliphatic heterocycles. The number of nitrogens with zero attached hydrogens (tertiary/aromatic N) is 1. The molecule has 2 rings (SSSR count). The zero-order valence-corrected chi connectivity index (χ0v) is 14.5. The second kappa shape index (κ2) is 8.10. The van der Waals surface area contributed by atoms with E-state index in [1.54, 1.807) is 36.1 Å². The van der Waals surface area contributed by atoms with Crippen molar-refractivity contribution in [2.45, 2.75) is 25.9 Å². The Balaban J connectivity index is 1.76. The lowest BCUT2D eigenvalue weighted by Gasteiger charge is -2.20. The fraction of sp³-hybridized carbons (Fsp3) is 0.438. The molecular formula is C16H19BrN2O4. The SMILES string of the molecule is C[C@@H](OC(=O)CNC(=O)c1ccc(Br)cc1)C(=O)N1CCCC1. The molecule has 0 aliphatic carbocycles. The summed E-state index contributed by atoms with van der Waals surface area (Å²) in [6, 6.07) is 6.77. The van der Waals surface area contributed by atoms with Gasteiger partial charge in [0.05, 0.1) is 0 Å². The molecule has 1 heterocycles. The minimum Gasteiger partial charge on any atom is -0.451 e. The lowest BCUT2D eigenvalue weighted by Crippen LogP contribution is -2.40. The van der Waals surface area contributed by atoms with E-state index in [1.807, 2.05) is 0 Å². The smallest absolute Gasteiger partial charge is 0.326 e. The van der Waals surface area contributed by atoms with Crippen LogP contribution in [0.4, 0.5) is 0 Å². The minimum absolute atomic E-state index is 0.185. The number of esters is 1. The monoisotopic (exact) mass is 382 g/mol. The number of likely N-dealkylation sites (tertiary alicyclic amines) is 1. The second-order valence-electron chi connectivity index (χ2n) is 5.35. The molecule has 0 saturated carbocycles. The summed E-state index contributed by atoms with van der Waals surface area (Å²) in [6.45, 7) is 2.70. The third kappa shape index (κ3) is 5.06. The molecule has 1 N–H and O–H groups in total. The largest absolute Gasteiger partial charge is 0.451 e. The van der Waals surface area contributed by atoms with E-state index in [1.165, 1.54) is 0 Å². The summed E-state index contributed by atoms with van der Waals surface area (Å²) in [5, 5.41) is 2.48. The molecule has 0 radical (unpaired) electrons. The van der Waals surface area contributed by atoms with Crippen molar-refractivity contribution in [1.82, 2.24) is 10.2 Å². The highest BCUT2D eigenvalue weighted by atomic mass is 79.9. The zero-order chi connectivity index (χ0) is 16.8. The van der Waals surface area contributed by atoms with E-state index in [4.69, 9.17) is 4.74 Å². The maximum absolute atomic E-state index is 12.0. The summed E-state index contributed by atoms with van der Waals surface area (Å²) in [6.07, 6.45) is 1.14. The van der Waals surface area contributed by atoms with Crippen LogP contribution in [-0.4, -0.2) is 48.4 Å². The minimum atomic E-state index is -0.829. The molecule has 1 aromatic carbocycles. The number of amides is 2. The van der Waals surface area contributed by atoms with Crippen LogP contribution in [0.2, 0.25) is 0 Å². The fourth-order valence-corrected chi connectivity index (χ4v) is 2.60. The van der Waals surface area contributed by atoms with Crippen molar-refractivity contribution in [3.05, 3.63) is 34.3 Å². The highest BCUT2D eigenvalue weighted by Gasteiger charge is 2.25. The Morgan fingerprint density at radius 3 is 2.43 bits per heavy atom. The molecule has 0 unspecified atom stereocenters. The summed E-state index contributed by atoms with van der Waals surface area (Å²) in [5.74, 6) is -1.18. The Bertz CT molecular complexity index is 582. The average molecular weight is 383 g/mol. The standard InChI is InChI=1S/C16H19BrN2O4/c1-11(16(22)19-8-2-3-9-19)23-14(20)10-18-15(21)12-4-6-13(17)7-5-12/h4-7,11H,2-3,8-10H2,1H3,(H,18,21)/t11-/m1/s1. The maximum atomic E-state index is 12.0. The van der Waals surface area contributed by atoms with Gasteiger partial charge in [-0.2, -0.15) is 0 Å². The van der Waals surface area contributed by atoms with E-state index in [2.05, 4.69) is 21.2 Å². The van der Waals surface area contributed by atoms with Crippen molar-refractivity contribution in [2.24, 2.45) is 0 Å². The van der Waals surface area contributed by atoms with Crippen LogP contribution >= 0.6 is 15.9 Å². The summed E-state index contributed by atoms with van der Waals surface area (Å²) in [7, 11) is 0. The highest BCUT2D eigenvalue weighted by Crippen LogP contribution is 2.11. The number of benzene rings is 1. The molecular weight excluding hydrogens is 364 g/mol. The van der Waals surface area contributed by atoms with E-state index >= 15 is 0 Å². The number of hydrogen-bond donors (Lipinski definition) is 1. The van der Waals surface area contributed by atoms with Gasteiger partial charge in [0.15, 0.2) is 6.10 Å². The van der Waals surface area contributed by atoms with Gasteiger partial charge in [-0.25, -0.2) is 0 Å². The Morgan fingerprint density at radius 1 is 1.22 bits per heavy atom. The molecule has 1 aromatic rings. The van der Waals surface area contributed by atoms with E-state index in [0.29, 0.717) is 18.7 Å². The van der Waals surface area contributed by atoms with Crippen LogP contribution in [0.5, 0.6) is 0 Å². The molecule has 1 aliphatic rings. The molecule has 0 bridgehead atoms. The van der Waals surface area contributed by atoms with Crippen LogP contribution in [0, 0.1) is 0 Å². The topological polar surface area (TPSA) is 75.7 Å². The number of carbonyl (C=O) groups is 3. The normalized spacial score (nSPS) is 15.1. The van der Waals surface area contributed by atoms with Crippen LogP contribution in [0.25, 0.3) is 0 Å². The van der Waals surface area contributed by atoms with Crippen molar-refractivity contribution in [3.63, 3.8) is 0 Å². The van der Waals surface area contributed by atoms with Gasteiger partial charge in [-0.3, -0.25) is 14.4 Å². The second-order valence-corrected chi connectivity index (χ2v) is 6.27. The number of hydrogen-bond acceptors (Lipinski definition) is 4. The first-order valence-electron chi connectivity index (χ1n) is 7.49. The summed E-state index contributed by atoms with van der Waals surface area (Å²) >= 11 is 3.28. The molecule has 1 atom stereocenters. The van der Waals surface area contributed by atoms with E-state index < -0.39 is 12.1 Å². The number of nitrogens with one attached hydrogen (secondary N) is 1. The van der Waals surface area contributed by atoms with E-state index in [9.17, 15) is 14.4 Å². The molecule has 7 heteroatoms. The van der Waals surface area contributed by atoms with Gasteiger partial charge >= 0.3 is 5.97 Å². The number of halogens is 1. The van der Waals surface area contributed by atoms with Gasteiger partial charge < -0.3 is 15.0 Å². The molecule has 6 nitrogen and oxygen atoms in total. The Hall–Kier alpha value is -1.89. The first-order chi connectivity index (χ1) is 11.0. The Morgan fingerprint density at radius 2 is 1.83 bits per heavy atom. The molecule has 1 saturated heterocycles. The summed E-state index contributed by atoms with van der Waals surface area (Å²) < 4.78 is 5.94. The third-order valence-corrected chi connectivity index (χ3v) is 4.10. The fourth-order valence-electron chi connectivity index (χ4n) is 2.34. The lowest BCUT2D eigenvalue weighted by atomic mass is 10.2. The van der Waals surface area contributed by atoms with Crippen LogP contribution in [0.15, 0.2) is 28.7 Å². The van der Waals surface area contributed by atoms with E-state index in [-0.39, 0.29) is 18.4 Å². The summed E-state index contributed by atoms with van der Waals surface area (Å²) in [4.78, 5) is 37.3. The lowest BCUT2D eigenvalue weighted by molar-refractivity contribution is -0.157.